The maximum absolute atomic E-state index is 13.1. The lowest BCUT2D eigenvalue weighted by Crippen LogP contribution is -2.14. The fourth-order valence-corrected chi connectivity index (χ4v) is 2.42. The van der Waals surface area contributed by atoms with Crippen LogP contribution in [0, 0.1) is 5.82 Å². The zero-order valence-corrected chi connectivity index (χ0v) is 14.5. The highest BCUT2D eigenvalue weighted by atomic mass is 19.1. The van der Waals surface area contributed by atoms with E-state index in [0.29, 0.717) is 28.2 Å². The molecule has 0 aliphatic rings. The number of nitrogens with zero attached hydrogens (tertiary/aromatic N) is 1. The van der Waals surface area contributed by atoms with Crippen molar-refractivity contribution in [3.63, 3.8) is 0 Å². The summed E-state index contributed by atoms with van der Waals surface area (Å²) < 4.78 is 17.9. The average molecular weight is 368 g/mol. The normalized spacial score (nSPS) is 10.3. The summed E-state index contributed by atoms with van der Waals surface area (Å²) in [6.45, 7) is 2.00. The third kappa shape index (κ3) is 4.49. The molecule has 0 bridgehead atoms. The summed E-state index contributed by atoms with van der Waals surface area (Å²) in [7, 11) is 0. The molecule has 0 aliphatic carbocycles. The topological polar surface area (TPSA) is 96.1 Å². The monoisotopic (exact) mass is 368 g/mol. The van der Waals surface area contributed by atoms with Gasteiger partial charge in [0.25, 0.3) is 5.91 Å². The van der Waals surface area contributed by atoms with E-state index in [2.05, 4.69) is 20.8 Å². The highest BCUT2D eigenvalue weighted by Crippen LogP contribution is 2.23. The number of hydrogen-bond acceptors (Lipinski definition) is 4. The number of carbonyl (C=O) groups excluding carboxylic acids is 2. The average Bonchev–Trinajstić information content (AvgIpc) is 3.14. The van der Waals surface area contributed by atoms with Crippen LogP contribution in [0.4, 0.5) is 20.6 Å². The lowest BCUT2D eigenvalue weighted by atomic mass is 10.1. The Labute approximate surface area is 154 Å². The number of halogens is 1. The van der Waals surface area contributed by atoms with E-state index in [1.807, 2.05) is 0 Å². The van der Waals surface area contributed by atoms with E-state index in [-0.39, 0.29) is 18.3 Å². The largest absolute Gasteiger partial charge is 0.450 e. The van der Waals surface area contributed by atoms with Crippen molar-refractivity contribution in [2.24, 2.45) is 0 Å². The van der Waals surface area contributed by atoms with Gasteiger partial charge in [-0.2, -0.15) is 5.10 Å². The number of aromatic nitrogens is 2. The molecule has 27 heavy (non-hydrogen) atoms. The molecule has 0 unspecified atom stereocenters. The number of anilines is 2. The predicted molar refractivity (Wildman–Crippen MR) is 99.0 cm³/mol. The van der Waals surface area contributed by atoms with Crippen LogP contribution in [0.2, 0.25) is 0 Å². The van der Waals surface area contributed by atoms with Crippen molar-refractivity contribution in [1.82, 2.24) is 10.2 Å². The summed E-state index contributed by atoms with van der Waals surface area (Å²) in [6, 6.07) is 12.3. The molecule has 138 valence electrons. The minimum atomic E-state index is -0.545. The number of nitrogens with one attached hydrogen (secondary N) is 3. The van der Waals surface area contributed by atoms with Gasteiger partial charge in [-0.1, -0.05) is 0 Å². The summed E-state index contributed by atoms with van der Waals surface area (Å²) in [5.74, 6) is -0.727. The number of rotatable bonds is 5. The first-order valence-corrected chi connectivity index (χ1v) is 8.21. The maximum atomic E-state index is 13.1. The lowest BCUT2D eigenvalue weighted by Gasteiger charge is -2.08. The van der Waals surface area contributed by atoms with Crippen molar-refractivity contribution in [3.05, 3.63) is 66.1 Å². The van der Waals surface area contributed by atoms with E-state index in [1.165, 1.54) is 18.3 Å². The van der Waals surface area contributed by atoms with Gasteiger partial charge in [-0.3, -0.25) is 15.2 Å². The van der Waals surface area contributed by atoms with E-state index < -0.39 is 6.09 Å². The van der Waals surface area contributed by atoms with Crippen LogP contribution in [0.5, 0.6) is 0 Å². The number of hydrogen-bond donors (Lipinski definition) is 3. The smallest absolute Gasteiger partial charge is 0.411 e. The first kappa shape index (κ1) is 18.1. The Bertz CT molecular complexity index is 936. The van der Waals surface area contributed by atoms with E-state index in [1.54, 1.807) is 43.3 Å². The Morgan fingerprint density at radius 2 is 1.67 bits per heavy atom. The molecular formula is C19H17FN4O3. The molecule has 0 fully saturated rings. The van der Waals surface area contributed by atoms with Gasteiger partial charge in [0.15, 0.2) is 0 Å². The molecule has 2 aromatic carbocycles. The van der Waals surface area contributed by atoms with Crippen molar-refractivity contribution in [1.29, 1.82) is 0 Å². The van der Waals surface area contributed by atoms with Gasteiger partial charge in [0.1, 0.15) is 5.82 Å². The van der Waals surface area contributed by atoms with Crippen LogP contribution in [-0.2, 0) is 4.74 Å². The second-order valence-corrected chi connectivity index (χ2v) is 5.54. The molecule has 0 aliphatic heterocycles. The molecule has 8 heteroatoms. The Balaban J connectivity index is 1.70. The standard InChI is InChI=1S/C19H17FN4O3/c1-2-27-19(26)23-15-9-7-14(8-10-15)22-18(25)16-11-21-24-17(16)12-3-5-13(20)6-4-12/h3-11H,2H2,1H3,(H,21,24)(H,22,25)(H,23,26). The molecule has 0 atom stereocenters. The molecule has 7 nitrogen and oxygen atoms in total. The van der Waals surface area contributed by atoms with Crippen LogP contribution in [0.15, 0.2) is 54.7 Å². The van der Waals surface area contributed by atoms with Gasteiger partial charge in [-0.15, -0.1) is 0 Å². The van der Waals surface area contributed by atoms with E-state index in [0.717, 1.165) is 0 Å². The number of amides is 2. The zero-order valence-electron chi connectivity index (χ0n) is 14.5. The van der Waals surface area contributed by atoms with Crippen LogP contribution < -0.4 is 10.6 Å². The lowest BCUT2D eigenvalue weighted by molar-refractivity contribution is 0.102. The molecule has 0 saturated heterocycles. The van der Waals surface area contributed by atoms with Crippen molar-refractivity contribution < 1.29 is 18.7 Å². The molecule has 0 radical (unpaired) electrons. The number of H-pyrrole nitrogens is 1. The minimum absolute atomic E-state index is 0.279. The maximum Gasteiger partial charge on any atom is 0.411 e. The molecule has 3 rings (SSSR count). The number of benzene rings is 2. The van der Waals surface area contributed by atoms with Crippen LogP contribution >= 0.6 is 0 Å². The summed E-state index contributed by atoms with van der Waals surface area (Å²) >= 11 is 0. The Morgan fingerprint density at radius 1 is 1.04 bits per heavy atom. The SMILES string of the molecule is CCOC(=O)Nc1ccc(NC(=O)c2cn[nH]c2-c2ccc(F)cc2)cc1. The van der Waals surface area contributed by atoms with Gasteiger partial charge in [-0.25, -0.2) is 9.18 Å². The molecule has 1 heterocycles. The molecular weight excluding hydrogens is 351 g/mol. The summed E-state index contributed by atoms with van der Waals surface area (Å²) in [5.41, 5.74) is 2.55. The predicted octanol–water partition coefficient (Wildman–Crippen LogP) is 4.04. The van der Waals surface area contributed by atoms with Crippen LogP contribution in [0.1, 0.15) is 17.3 Å². The van der Waals surface area contributed by atoms with Crippen LogP contribution in [0.3, 0.4) is 0 Å². The summed E-state index contributed by atoms with van der Waals surface area (Å²) in [6.07, 6.45) is 0.863. The Morgan fingerprint density at radius 3 is 2.30 bits per heavy atom. The summed E-state index contributed by atoms with van der Waals surface area (Å²) in [4.78, 5) is 23.9. The fourth-order valence-electron chi connectivity index (χ4n) is 2.42. The zero-order chi connectivity index (χ0) is 19.2. The van der Waals surface area contributed by atoms with Gasteiger partial charge < -0.3 is 10.1 Å². The molecule has 0 spiro atoms. The second-order valence-electron chi connectivity index (χ2n) is 5.54. The number of carbonyl (C=O) groups is 2. The third-order valence-corrected chi connectivity index (χ3v) is 3.68. The second kappa shape index (κ2) is 8.13. The molecule has 2 amide bonds. The molecule has 3 aromatic rings. The van der Waals surface area contributed by atoms with Crippen LogP contribution in [-0.4, -0.2) is 28.8 Å². The van der Waals surface area contributed by atoms with Gasteiger partial charge in [0.05, 0.1) is 24.1 Å². The van der Waals surface area contributed by atoms with Gasteiger partial charge >= 0.3 is 6.09 Å². The van der Waals surface area contributed by atoms with E-state index in [4.69, 9.17) is 4.74 Å². The van der Waals surface area contributed by atoms with Crippen molar-refractivity contribution in [3.8, 4) is 11.3 Å². The first-order chi connectivity index (χ1) is 13.1. The van der Waals surface area contributed by atoms with Crippen LogP contribution in [0.25, 0.3) is 11.3 Å². The first-order valence-electron chi connectivity index (χ1n) is 8.21. The highest BCUT2D eigenvalue weighted by Gasteiger charge is 2.15. The highest BCUT2D eigenvalue weighted by molar-refractivity contribution is 6.08. The molecule has 1 aromatic heterocycles. The van der Waals surface area contributed by atoms with Crippen molar-refractivity contribution >= 4 is 23.4 Å². The van der Waals surface area contributed by atoms with E-state index >= 15 is 0 Å². The van der Waals surface area contributed by atoms with Gasteiger partial charge in [-0.05, 0) is 55.5 Å². The summed E-state index contributed by atoms with van der Waals surface area (Å²) in [5, 5.41) is 12.0. The Kier molecular flexibility index (Phi) is 5.46. The molecule has 0 saturated carbocycles. The third-order valence-electron chi connectivity index (χ3n) is 3.68. The number of aromatic amines is 1. The van der Waals surface area contributed by atoms with Gasteiger partial charge in [0.2, 0.25) is 0 Å². The molecule has 3 N–H and O–H groups in total. The Hall–Kier alpha value is -3.68. The van der Waals surface area contributed by atoms with Gasteiger partial charge in [0, 0.05) is 16.9 Å². The van der Waals surface area contributed by atoms with Crippen molar-refractivity contribution in [2.75, 3.05) is 17.2 Å². The quantitative estimate of drug-likeness (QED) is 0.633. The van der Waals surface area contributed by atoms with E-state index in [9.17, 15) is 14.0 Å². The minimum Gasteiger partial charge on any atom is -0.450 e. The fraction of sp³-hybridized carbons (Fsp3) is 0.105. The van der Waals surface area contributed by atoms with Crippen molar-refractivity contribution in [2.45, 2.75) is 6.92 Å². The number of ether oxygens (including phenoxy) is 1.